The number of anilines is 1. The van der Waals surface area contributed by atoms with E-state index in [-0.39, 0.29) is 6.04 Å². The lowest BCUT2D eigenvalue weighted by Crippen LogP contribution is -2.15. The Morgan fingerprint density at radius 2 is 1.73 bits per heavy atom. The van der Waals surface area contributed by atoms with E-state index in [4.69, 9.17) is 4.74 Å². The number of benzene rings is 2. The Balaban J connectivity index is 1.91. The number of aromatic amines is 1. The molecule has 0 radical (unpaired) electrons. The van der Waals surface area contributed by atoms with E-state index in [1.807, 2.05) is 42.5 Å². The van der Waals surface area contributed by atoms with Gasteiger partial charge in [0.05, 0.1) is 13.2 Å². The zero-order chi connectivity index (χ0) is 17.9. The molecule has 4 heteroatoms. The van der Waals surface area contributed by atoms with Gasteiger partial charge in [-0.2, -0.15) is 0 Å². The predicted octanol–water partition coefficient (Wildman–Crippen LogP) is 5.08. The third-order valence-corrected chi connectivity index (χ3v) is 4.64. The van der Waals surface area contributed by atoms with E-state index in [9.17, 15) is 0 Å². The Bertz CT molecular complexity index is 1020. The van der Waals surface area contributed by atoms with E-state index < -0.39 is 0 Å². The topological polar surface area (TPSA) is 49.9 Å². The van der Waals surface area contributed by atoms with Crippen LogP contribution in [-0.2, 0) is 0 Å². The van der Waals surface area contributed by atoms with Crippen LogP contribution < -0.4 is 10.1 Å². The molecule has 1 unspecified atom stereocenters. The highest BCUT2D eigenvalue weighted by Crippen LogP contribution is 2.37. The van der Waals surface area contributed by atoms with Crippen LogP contribution in [0.3, 0.4) is 0 Å². The molecule has 0 amide bonds. The smallest absolute Gasteiger partial charge is 0.126 e. The van der Waals surface area contributed by atoms with Crippen molar-refractivity contribution in [3.8, 4) is 5.75 Å². The van der Waals surface area contributed by atoms with Crippen molar-refractivity contribution in [2.45, 2.75) is 13.0 Å². The third-order valence-electron chi connectivity index (χ3n) is 4.64. The van der Waals surface area contributed by atoms with Crippen molar-refractivity contribution in [1.29, 1.82) is 0 Å². The van der Waals surface area contributed by atoms with Gasteiger partial charge in [0.2, 0.25) is 0 Å². The summed E-state index contributed by atoms with van der Waals surface area (Å²) in [4.78, 5) is 7.96. The number of methoxy groups -OCH3 is 1. The molecule has 0 aliphatic carbocycles. The molecule has 130 valence electrons. The standard InChI is InChI=1S/C22H21N3O/c1-15-21(16-9-3-5-11-18(16)24-15)22(25-20-13-7-8-14-23-20)17-10-4-6-12-19(17)26-2/h3-14,22,24H,1-2H3,(H,23,25). The molecule has 4 rings (SSSR count). The van der Waals surface area contributed by atoms with Crippen LogP contribution in [0.4, 0.5) is 5.82 Å². The molecular formula is C22H21N3O. The molecule has 4 aromatic rings. The molecule has 2 N–H and O–H groups in total. The average Bonchev–Trinajstić information content (AvgIpc) is 3.02. The molecule has 0 bridgehead atoms. The van der Waals surface area contributed by atoms with Gasteiger partial charge >= 0.3 is 0 Å². The maximum Gasteiger partial charge on any atom is 0.126 e. The summed E-state index contributed by atoms with van der Waals surface area (Å²) in [5.74, 6) is 1.68. The summed E-state index contributed by atoms with van der Waals surface area (Å²) in [6, 6.07) is 22.3. The number of hydrogen-bond acceptors (Lipinski definition) is 3. The number of ether oxygens (including phenoxy) is 1. The number of pyridine rings is 1. The Kier molecular flexibility index (Phi) is 4.32. The van der Waals surface area contributed by atoms with E-state index in [0.29, 0.717) is 0 Å². The highest BCUT2D eigenvalue weighted by Gasteiger charge is 2.23. The number of fused-ring (bicyclic) bond motifs is 1. The molecular weight excluding hydrogens is 322 g/mol. The fourth-order valence-corrected chi connectivity index (χ4v) is 3.48. The molecule has 0 fully saturated rings. The summed E-state index contributed by atoms with van der Waals surface area (Å²) in [5.41, 5.74) is 4.54. The lowest BCUT2D eigenvalue weighted by Gasteiger charge is -2.23. The minimum Gasteiger partial charge on any atom is -0.496 e. The lowest BCUT2D eigenvalue weighted by atomic mass is 9.95. The predicted molar refractivity (Wildman–Crippen MR) is 106 cm³/mol. The van der Waals surface area contributed by atoms with Crippen molar-refractivity contribution in [3.05, 3.63) is 89.7 Å². The molecule has 0 spiro atoms. The number of aryl methyl sites for hydroxylation is 1. The number of para-hydroxylation sites is 2. The van der Waals surface area contributed by atoms with Crippen molar-refractivity contribution in [2.75, 3.05) is 12.4 Å². The molecule has 4 nitrogen and oxygen atoms in total. The third kappa shape index (κ3) is 2.90. The minimum atomic E-state index is -0.0859. The molecule has 0 saturated heterocycles. The molecule has 0 aliphatic heterocycles. The lowest BCUT2D eigenvalue weighted by molar-refractivity contribution is 0.408. The summed E-state index contributed by atoms with van der Waals surface area (Å²) in [6.07, 6.45) is 1.80. The van der Waals surface area contributed by atoms with Crippen LogP contribution >= 0.6 is 0 Å². The summed E-state index contributed by atoms with van der Waals surface area (Å²) < 4.78 is 5.64. The Morgan fingerprint density at radius 3 is 2.54 bits per heavy atom. The van der Waals surface area contributed by atoms with Gasteiger partial charge in [-0.3, -0.25) is 0 Å². The molecule has 2 aromatic heterocycles. The Labute approximate surface area is 152 Å². The molecule has 0 saturated carbocycles. The number of aromatic nitrogens is 2. The molecule has 26 heavy (non-hydrogen) atoms. The largest absolute Gasteiger partial charge is 0.496 e. The quantitative estimate of drug-likeness (QED) is 0.531. The van der Waals surface area contributed by atoms with Crippen molar-refractivity contribution in [2.24, 2.45) is 0 Å². The number of nitrogens with one attached hydrogen (secondary N) is 2. The number of nitrogens with zero attached hydrogens (tertiary/aromatic N) is 1. The van der Waals surface area contributed by atoms with E-state index in [0.717, 1.165) is 28.3 Å². The van der Waals surface area contributed by atoms with Crippen LogP contribution in [0.15, 0.2) is 72.9 Å². The molecule has 2 aromatic carbocycles. The first-order chi connectivity index (χ1) is 12.8. The van der Waals surface area contributed by atoms with Crippen LogP contribution in [0.1, 0.15) is 22.9 Å². The van der Waals surface area contributed by atoms with Gasteiger partial charge in [-0.15, -0.1) is 0 Å². The van der Waals surface area contributed by atoms with Gasteiger partial charge < -0.3 is 15.0 Å². The number of hydrogen-bond donors (Lipinski definition) is 2. The second-order valence-corrected chi connectivity index (χ2v) is 6.24. The normalized spacial score (nSPS) is 12.1. The van der Waals surface area contributed by atoms with Crippen LogP contribution in [0.2, 0.25) is 0 Å². The SMILES string of the molecule is COc1ccccc1C(Nc1ccccn1)c1c(C)[nH]c2ccccc12. The second kappa shape index (κ2) is 6.92. The molecule has 1 atom stereocenters. The van der Waals surface area contributed by atoms with Gasteiger partial charge in [0.1, 0.15) is 11.6 Å². The number of H-pyrrole nitrogens is 1. The first-order valence-corrected chi connectivity index (χ1v) is 8.65. The summed E-state index contributed by atoms with van der Waals surface area (Å²) in [6.45, 7) is 2.11. The van der Waals surface area contributed by atoms with Crippen LogP contribution in [0.25, 0.3) is 10.9 Å². The van der Waals surface area contributed by atoms with Gasteiger partial charge in [-0.25, -0.2) is 4.98 Å². The summed E-state index contributed by atoms with van der Waals surface area (Å²) in [7, 11) is 1.71. The van der Waals surface area contributed by atoms with E-state index in [1.54, 1.807) is 13.3 Å². The highest BCUT2D eigenvalue weighted by molar-refractivity contribution is 5.86. The first-order valence-electron chi connectivity index (χ1n) is 8.65. The Morgan fingerprint density at radius 1 is 0.962 bits per heavy atom. The van der Waals surface area contributed by atoms with Crippen molar-refractivity contribution in [3.63, 3.8) is 0 Å². The first kappa shape index (κ1) is 16.2. The van der Waals surface area contributed by atoms with Crippen LogP contribution in [-0.4, -0.2) is 17.1 Å². The monoisotopic (exact) mass is 343 g/mol. The van der Waals surface area contributed by atoms with Gasteiger partial charge in [0.25, 0.3) is 0 Å². The van der Waals surface area contributed by atoms with Crippen LogP contribution in [0, 0.1) is 6.92 Å². The van der Waals surface area contributed by atoms with Crippen LogP contribution in [0.5, 0.6) is 5.75 Å². The second-order valence-electron chi connectivity index (χ2n) is 6.24. The molecule has 0 aliphatic rings. The average molecular weight is 343 g/mol. The zero-order valence-electron chi connectivity index (χ0n) is 14.9. The fourth-order valence-electron chi connectivity index (χ4n) is 3.48. The van der Waals surface area contributed by atoms with Crippen molar-refractivity contribution < 1.29 is 4.74 Å². The summed E-state index contributed by atoms with van der Waals surface area (Å²) in [5, 5.41) is 4.79. The molecule has 2 heterocycles. The number of rotatable bonds is 5. The van der Waals surface area contributed by atoms with Gasteiger partial charge in [0, 0.05) is 33.9 Å². The van der Waals surface area contributed by atoms with Gasteiger partial charge in [-0.1, -0.05) is 42.5 Å². The maximum atomic E-state index is 5.64. The maximum absolute atomic E-state index is 5.64. The van der Waals surface area contributed by atoms with Gasteiger partial charge in [-0.05, 0) is 31.2 Å². The fraction of sp³-hybridized carbons (Fsp3) is 0.136. The van der Waals surface area contributed by atoms with Crippen molar-refractivity contribution in [1.82, 2.24) is 9.97 Å². The minimum absolute atomic E-state index is 0.0859. The van der Waals surface area contributed by atoms with Gasteiger partial charge in [0.15, 0.2) is 0 Å². The highest BCUT2D eigenvalue weighted by atomic mass is 16.5. The van der Waals surface area contributed by atoms with Crippen molar-refractivity contribution >= 4 is 16.7 Å². The van der Waals surface area contributed by atoms with E-state index in [1.165, 1.54) is 10.9 Å². The summed E-state index contributed by atoms with van der Waals surface area (Å²) >= 11 is 0. The zero-order valence-corrected chi connectivity index (χ0v) is 14.9. The Hall–Kier alpha value is -3.27. The van der Waals surface area contributed by atoms with E-state index in [2.05, 4.69) is 46.5 Å². The van der Waals surface area contributed by atoms with E-state index >= 15 is 0 Å².